The molecular weight excluding hydrogens is 552 g/mol. The molecule has 44 heavy (non-hydrogen) atoms. The fourth-order valence-electron chi connectivity index (χ4n) is 4.96. The minimum absolute atomic E-state index is 0.0476. The van der Waals surface area contributed by atoms with Gasteiger partial charge in [-0.25, -0.2) is 9.78 Å². The molecule has 7 heteroatoms. The monoisotopic (exact) mass is 582 g/mol. The van der Waals surface area contributed by atoms with E-state index in [0.717, 1.165) is 22.3 Å². The molecule has 1 aromatic heterocycles. The van der Waals surface area contributed by atoms with Crippen LogP contribution in [0.2, 0.25) is 0 Å². The average Bonchev–Trinajstić information content (AvgIpc) is 3.52. The summed E-state index contributed by atoms with van der Waals surface area (Å²) in [4.78, 5) is 17.2. The van der Waals surface area contributed by atoms with Crippen LogP contribution in [-0.2, 0) is 13.2 Å². The summed E-state index contributed by atoms with van der Waals surface area (Å²) >= 11 is 0. The van der Waals surface area contributed by atoms with Gasteiger partial charge < -0.3 is 19.3 Å². The van der Waals surface area contributed by atoms with Crippen LogP contribution in [0.1, 0.15) is 21.5 Å². The summed E-state index contributed by atoms with van der Waals surface area (Å²) in [6.07, 6.45) is 1.89. The number of carboxylic acid groups (broad SMARTS) is 1. The lowest BCUT2D eigenvalue weighted by atomic mass is 10.1. The van der Waals surface area contributed by atoms with E-state index in [0.29, 0.717) is 41.9 Å². The summed E-state index contributed by atoms with van der Waals surface area (Å²) in [5, 5.41) is 9.91. The van der Waals surface area contributed by atoms with Gasteiger partial charge in [0.1, 0.15) is 41.9 Å². The first kappa shape index (κ1) is 28.3. The van der Waals surface area contributed by atoms with Crippen molar-refractivity contribution in [2.24, 2.45) is 0 Å². The minimum atomic E-state index is -1.09. The highest BCUT2D eigenvalue weighted by Gasteiger charge is 2.21. The van der Waals surface area contributed by atoms with Crippen molar-refractivity contribution >= 4 is 5.97 Å². The Bertz CT molecular complexity index is 1880. The standard InChI is InChI=1S/C37H30N2O5/c1-42-33-21-20-28(22-31(33)37(40)41)39-23-32(29-16-8-10-18-34(29)43-24-26-12-4-2-5-13-26)38-36(39)30-17-9-11-19-35(30)44-25-27-14-6-3-7-15-27/h2-23H,24-25H2,1H3,(H,40,41). The molecule has 6 aromatic rings. The highest BCUT2D eigenvalue weighted by molar-refractivity contribution is 5.91. The van der Waals surface area contributed by atoms with E-state index in [-0.39, 0.29) is 11.3 Å². The van der Waals surface area contributed by atoms with E-state index >= 15 is 0 Å². The molecule has 0 amide bonds. The van der Waals surface area contributed by atoms with Crippen molar-refractivity contribution in [1.29, 1.82) is 0 Å². The van der Waals surface area contributed by atoms with E-state index < -0.39 is 5.97 Å². The van der Waals surface area contributed by atoms with Gasteiger partial charge in [0, 0.05) is 17.4 Å². The second kappa shape index (κ2) is 13.0. The predicted molar refractivity (Wildman–Crippen MR) is 169 cm³/mol. The molecule has 0 radical (unpaired) electrons. The Morgan fingerprint density at radius 3 is 1.82 bits per heavy atom. The molecule has 0 unspecified atom stereocenters. The predicted octanol–water partition coefficient (Wildman–Crippen LogP) is 8.07. The maximum absolute atomic E-state index is 12.1. The molecule has 0 bridgehead atoms. The van der Waals surface area contributed by atoms with E-state index in [4.69, 9.17) is 19.2 Å². The first-order chi connectivity index (χ1) is 21.6. The quantitative estimate of drug-likeness (QED) is 0.166. The number of para-hydroxylation sites is 2. The lowest BCUT2D eigenvalue weighted by molar-refractivity contribution is 0.0693. The summed E-state index contributed by atoms with van der Waals surface area (Å²) in [7, 11) is 1.45. The number of carboxylic acids is 1. The number of imidazole rings is 1. The third-order valence-electron chi connectivity index (χ3n) is 7.16. The maximum atomic E-state index is 12.1. The molecule has 218 valence electrons. The van der Waals surface area contributed by atoms with Crippen molar-refractivity contribution in [2.45, 2.75) is 13.2 Å². The lowest BCUT2D eigenvalue weighted by Gasteiger charge is -2.14. The molecule has 0 saturated carbocycles. The van der Waals surface area contributed by atoms with Gasteiger partial charge >= 0.3 is 5.97 Å². The third kappa shape index (κ3) is 6.17. The van der Waals surface area contributed by atoms with Crippen molar-refractivity contribution in [2.75, 3.05) is 7.11 Å². The zero-order valence-corrected chi connectivity index (χ0v) is 24.1. The number of nitrogens with zero attached hydrogens (tertiary/aromatic N) is 2. The smallest absolute Gasteiger partial charge is 0.339 e. The van der Waals surface area contributed by atoms with Crippen LogP contribution in [0.3, 0.4) is 0 Å². The average molecular weight is 583 g/mol. The molecule has 7 nitrogen and oxygen atoms in total. The van der Waals surface area contributed by atoms with Crippen molar-refractivity contribution in [1.82, 2.24) is 9.55 Å². The van der Waals surface area contributed by atoms with Crippen molar-refractivity contribution in [3.63, 3.8) is 0 Å². The lowest BCUT2D eigenvalue weighted by Crippen LogP contribution is -2.04. The zero-order valence-electron chi connectivity index (χ0n) is 24.1. The topological polar surface area (TPSA) is 82.8 Å². The molecular formula is C37H30N2O5. The van der Waals surface area contributed by atoms with Gasteiger partial charge in [0.05, 0.1) is 18.4 Å². The Hall–Kier alpha value is -5.82. The summed E-state index contributed by atoms with van der Waals surface area (Å²) < 4.78 is 19.8. The Morgan fingerprint density at radius 2 is 1.23 bits per heavy atom. The summed E-state index contributed by atoms with van der Waals surface area (Å²) in [5.74, 6) is 1.10. The number of carbonyl (C=O) groups is 1. The number of methoxy groups -OCH3 is 1. The van der Waals surface area contributed by atoms with Gasteiger partial charge in [-0.1, -0.05) is 84.9 Å². The Labute approximate surface area is 255 Å². The molecule has 6 rings (SSSR count). The van der Waals surface area contributed by atoms with Gasteiger partial charge in [-0.2, -0.15) is 0 Å². The number of rotatable bonds is 11. The molecule has 0 atom stereocenters. The minimum Gasteiger partial charge on any atom is -0.496 e. The summed E-state index contributed by atoms with van der Waals surface area (Å²) in [6.45, 7) is 0.787. The molecule has 1 heterocycles. The van der Waals surface area contributed by atoms with Crippen LogP contribution in [0.5, 0.6) is 17.2 Å². The number of aromatic carboxylic acids is 1. The third-order valence-corrected chi connectivity index (χ3v) is 7.16. The zero-order chi connectivity index (χ0) is 30.3. The van der Waals surface area contributed by atoms with Crippen LogP contribution in [-0.4, -0.2) is 27.7 Å². The van der Waals surface area contributed by atoms with E-state index in [2.05, 4.69) is 0 Å². The molecule has 0 aliphatic heterocycles. The summed E-state index contributed by atoms with van der Waals surface area (Å²) in [6, 6.07) is 40.4. The molecule has 0 aliphatic rings. The van der Waals surface area contributed by atoms with Crippen LogP contribution >= 0.6 is 0 Å². The molecule has 1 N–H and O–H groups in total. The van der Waals surface area contributed by atoms with E-state index in [1.807, 2.05) is 126 Å². The molecule has 0 saturated heterocycles. The van der Waals surface area contributed by atoms with Crippen LogP contribution in [0.15, 0.2) is 134 Å². The highest BCUT2D eigenvalue weighted by Crippen LogP contribution is 2.37. The molecule has 0 aliphatic carbocycles. The fraction of sp³-hybridized carbons (Fsp3) is 0.0811. The molecule has 0 fully saturated rings. The van der Waals surface area contributed by atoms with Crippen molar-refractivity contribution in [3.8, 4) is 45.6 Å². The Kier molecular flexibility index (Phi) is 8.36. The Balaban J connectivity index is 1.45. The van der Waals surface area contributed by atoms with E-state index in [9.17, 15) is 9.90 Å². The van der Waals surface area contributed by atoms with Gasteiger partial charge in [-0.05, 0) is 53.6 Å². The van der Waals surface area contributed by atoms with Crippen LogP contribution in [0, 0.1) is 0 Å². The van der Waals surface area contributed by atoms with E-state index in [1.54, 1.807) is 12.1 Å². The highest BCUT2D eigenvalue weighted by atomic mass is 16.5. The SMILES string of the molecule is COc1ccc(-n2cc(-c3ccccc3OCc3ccccc3)nc2-c2ccccc2OCc2ccccc2)cc1C(=O)O. The summed E-state index contributed by atoms with van der Waals surface area (Å²) in [5.41, 5.74) is 4.97. The van der Waals surface area contributed by atoms with Crippen molar-refractivity contribution in [3.05, 3.63) is 150 Å². The second-order valence-electron chi connectivity index (χ2n) is 10.1. The maximum Gasteiger partial charge on any atom is 0.339 e. The van der Waals surface area contributed by atoms with Gasteiger partial charge in [0.2, 0.25) is 0 Å². The van der Waals surface area contributed by atoms with E-state index in [1.165, 1.54) is 7.11 Å². The van der Waals surface area contributed by atoms with Crippen molar-refractivity contribution < 1.29 is 24.1 Å². The normalized spacial score (nSPS) is 10.8. The van der Waals surface area contributed by atoms with Gasteiger partial charge in [0.15, 0.2) is 0 Å². The molecule has 5 aromatic carbocycles. The first-order valence-corrected chi connectivity index (χ1v) is 14.1. The van der Waals surface area contributed by atoms with Crippen LogP contribution in [0.25, 0.3) is 28.3 Å². The first-order valence-electron chi connectivity index (χ1n) is 14.1. The number of aromatic nitrogens is 2. The van der Waals surface area contributed by atoms with Crippen LogP contribution < -0.4 is 14.2 Å². The fourth-order valence-corrected chi connectivity index (χ4v) is 4.96. The van der Waals surface area contributed by atoms with Gasteiger partial charge in [0.25, 0.3) is 0 Å². The Morgan fingerprint density at radius 1 is 0.682 bits per heavy atom. The number of benzene rings is 5. The second-order valence-corrected chi connectivity index (χ2v) is 10.1. The number of ether oxygens (including phenoxy) is 3. The van der Waals surface area contributed by atoms with Gasteiger partial charge in [-0.3, -0.25) is 4.57 Å². The molecule has 0 spiro atoms. The van der Waals surface area contributed by atoms with Crippen LogP contribution in [0.4, 0.5) is 0 Å². The largest absolute Gasteiger partial charge is 0.496 e. The number of hydrogen-bond donors (Lipinski definition) is 1. The van der Waals surface area contributed by atoms with Gasteiger partial charge in [-0.15, -0.1) is 0 Å². The number of hydrogen-bond acceptors (Lipinski definition) is 5.